The summed E-state index contributed by atoms with van der Waals surface area (Å²) >= 11 is 1.56. The van der Waals surface area contributed by atoms with E-state index < -0.39 is 5.97 Å². The molecule has 0 atom stereocenters. The zero-order valence-corrected chi connectivity index (χ0v) is 11.7. The van der Waals surface area contributed by atoms with Crippen molar-refractivity contribution in [2.24, 2.45) is 0 Å². The standard InChI is InChI=1S/C14H14N2O3S/c1-9-8-20-12(16-9)5-6-15-13(17)10-3-2-4-11(7-10)14(18)19/h2-4,7-8H,5-6H2,1H3,(H,15,17)(H,18,19). The third kappa shape index (κ3) is 3.64. The molecule has 0 aliphatic carbocycles. The van der Waals surface area contributed by atoms with Crippen molar-refractivity contribution in [1.82, 2.24) is 10.3 Å². The number of thiazole rings is 1. The highest BCUT2D eigenvalue weighted by atomic mass is 32.1. The van der Waals surface area contributed by atoms with E-state index in [9.17, 15) is 9.59 Å². The van der Waals surface area contributed by atoms with Crippen molar-refractivity contribution in [3.63, 3.8) is 0 Å². The summed E-state index contributed by atoms with van der Waals surface area (Å²) in [6, 6.07) is 5.97. The van der Waals surface area contributed by atoms with Crippen molar-refractivity contribution in [2.75, 3.05) is 6.54 Å². The quantitative estimate of drug-likeness (QED) is 0.884. The molecular formula is C14H14N2O3S. The third-order valence-corrected chi connectivity index (χ3v) is 3.69. The second kappa shape index (κ2) is 6.29. The predicted molar refractivity (Wildman–Crippen MR) is 76.3 cm³/mol. The molecule has 6 heteroatoms. The van der Waals surface area contributed by atoms with Crippen LogP contribution in [0, 0.1) is 6.92 Å². The number of hydrogen-bond acceptors (Lipinski definition) is 4. The largest absolute Gasteiger partial charge is 0.478 e. The predicted octanol–water partition coefficient (Wildman–Crippen LogP) is 2.12. The molecule has 1 aromatic carbocycles. The zero-order chi connectivity index (χ0) is 14.5. The fourth-order valence-electron chi connectivity index (χ4n) is 1.70. The monoisotopic (exact) mass is 290 g/mol. The van der Waals surface area contributed by atoms with Gasteiger partial charge in [-0.3, -0.25) is 4.79 Å². The molecule has 1 heterocycles. The zero-order valence-electron chi connectivity index (χ0n) is 10.9. The lowest BCUT2D eigenvalue weighted by molar-refractivity contribution is 0.0697. The summed E-state index contributed by atoms with van der Waals surface area (Å²) < 4.78 is 0. The molecule has 0 fully saturated rings. The first-order chi connectivity index (χ1) is 9.56. The van der Waals surface area contributed by atoms with Gasteiger partial charge >= 0.3 is 5.97 Å². The van der Waals surface area contributed by atoms with Crippen LogP contribution in [-0.2, 0) is 6.42 Å². The normalized spacial score (nSPS) is 10.2. The lowest BCUT2D eigenvalue weighted by Crippen LogP contribution is -2.25. The Morgan fingerprint density at radius 2 is 2.10 bits per heavy atom. The van der Waals surface area contributed by atoms with Crippen LogP contribution < -0.4 is 5.32 Å². The van der Waals surface area contributed by atoms with Gasteiger partial charge in [0, 0.05) is 29.6 Å². The van der Waals surface area contributed by atoms with E-state index in [1.54, 1.807) is 23.5 Å². The van der Waals surface area contributed by atoms with Gasteiger partial charge in [0.2, 0.25) is 0 Å². The number of carboxylic acid groups (broad SMARTS) is 1. The number of hydrogen-bond donors (Lipinski definition) is 2. The maximum atomic E-state index is 11.9. The Balaban J connectivity index is 1.91. The molecule has 2 aromatic rings. The number of aromatic nitrogens is 1. The van der Waals surface area contributed by atoms with Crippen LogP contribution in [0.15, 0.2) is 29.6 Å². The Morgan fingerprint density at radius 3 is 2.75 bits per heavy atom. The highest BCUT2D eigenvalue weighted by molar-refractivity contribution is 7.09. The van der Waals surface area contributed by atoms with Gasteiger partial charge in [-0.25, -0.2) is 9.78 Å². The first kappa shape index (κ1) is 14.2. The number of amides is 1. The number of nitrogens with one attached hydrogen (secondary N) is 1. The molecule has 1 aromatic heterocycles. The van der Waals surface area contributed by atoms with E-state index >= 15 is 0 Å². The minimum atomic E-state index is -1.04. The second-order valence-electron chi connectivity index (χ2n) is 4.27. The molecule has 1 amide bonds. The van der Waals surface area contributed by atoms with E-state index in [2.05, 4.69) is 10.3 Å². The Labute approximate surface area is 120 Å². The van der Waals surface area contributed by atoms with E-state index in [0.29, 0.717) is 18.5 Å². The van der Waals surface area contributed by atoms with Crippen LogP contribution in [0.4, 0.5) is 0 Å². The van der Waals surface area contributed by atoms with E-state index in [4.69, 9.17) is 5.11 Å². The van der Waals surface area contributed by atoms with Gasteiger partial charge in [0.25, 0.3) is 5.91 Å². The first-order valence-electron chi connectivity index (χ1n) is 6.09. The second-order valence-corrected chi connectivity index (χ2v) is 5.22. The summed E-state index contributed by atoms with van der Waals surface area (Å²) in [7, 11) is 0. The number of nitrogens with zero attached hydrogens (tertiary/aromatic N) is 1. The van der Waals surface area contributed by atoms with Crippen molar-refractivity contribution in [2.45, 2.75) is 13.3 Å². The SMILES string of the molecule is Cc1csc(CCNC(=O)c2cccc(C(=O)O)c2)n1. The summed E-state index contributed by atoms with van der Waals surface area (Å²) in [5.41, 5.74) is 1.43. The molecule has 2 rings (SSSR count). The number of carbonyl (C=O) groups excluding carboxylic acids is 1. The van der Waals surface area contributed by atoms with Crippen molar-refractivity contribution in [1.29, 1.82) is 0 Å². The van der Waals surface area contributed by atoms with Gasteiger partial charge < -0.3 is 10.4 Å². The van der Waals surface area contributed by atoms with Gasteiger partial charge in [-0.05, 0) is 25.1 Å². The average Bonchev–Trinajstić information content (AvgIpc) is 2.84. The molecule has 20 heavy (non-hydrogen) atoms. The van der Waals surface area contributed by atoms with Gasteiger partial charge in [-0.2, -0.15) is 0 Å². The fraction of sp³-hybridized carbons (Fsp3) is 0.214. The van der Waals surface area contributed by atoms with E-state index in [1.165, 1.54) is 12.1 Å². The molecule has 0 saturated carbocycles. The van der Waals surface area contributed by atoms with Crippen LogP contribution >= 0.6 is 11.3 Å². The summed E-state index contributed by atoms with van der Waals surface area (Å²) in [6.07, 6.45) is 0.670. The Kier molecular flexibility index (Phi) is 4.47. The fourth-order valence-corrected chi connectivity index (χ4v) is 2.47. The number of carbonyl (C=O) groups is 2. The van der Waals surface area contributed by atoms with E-state index in [0.717, 1.165) is 10.7 Å². The van der Waals surface area contributed by atoms with Crippen LogP contribution in [0.2, 0.25) is 0 Å². The third-order valence-electron chi connectivity index (χ3n) is 2.66. The number of rotatable bonds is 5. The van der Waals surface area contributed by atoms with E-state index in [1.807, 2.05) is 12.3 Å². The highest BCUT2D eigenvalue weighted by Gasteiger charge is 2.09. The Morgan fingerprint density at radius 1 is 1.35 bits per heavy atom. The maximum Gasteiger partial charge on any atom is 0.335 e. The summed E-state index contributed by atoms with van der Waals surface area (Å²) in [5.74, 6) is -1.32. The van der Waals surface area contributed by atoms with Gasteiger partial charge in [0.05, 0.1) is 10.6 Å². The van der Waals surface area contributed by atoms with Gasteiger partial charge in [-0.1, -0.05) is 6.07 Å². The van der Waals surface area contributed by atoms with Gasteiger partial charge in [0.1, 0.15) is 0 Å². The summed E-state index contributed by atoms with van der Waals surface area (Å²) in [6.45, 7) is 2.40. The molecular weight excluding hydrogens is 276 g/mol. The topological polar surface area (TPSA) is 79.3 Å². The van der Waals surface area contributed by atoms with Crippen molar-refractivity contribution in [3.05, 3.63) is 51.5 Å². The first-order valence-corrected chi connectivity index (χ1v) is 6.97. The minimum absolute atomic E-state index is 0.105. The van der Waals surface area contributed by atoms with Crippen LogP contribution in [0.1, 0.15) is 31.4 Å². The Hall–Kier alpha value is -2.21. The molecule has 0 radical (unpaired) electrons. The van der Waals surface area contributed by atoms with Crippen molar-refractivity contribution in [3.8, 4) is 0 Å². The summed E-state index contributed by atoms with van der Waals surface area (Å²) in [5, 5.41) is 14.6. The molecule has 0 saturated heterocycles. The summed E-state index contributed by atoms with van der Waals surface area (Å²) in [4.78, 5) is 27.0. The number of aromatic carboxylic acids is 1. The number of carboxylic acids is 1. The van der Waals surface area contributed by atoms with E-state index in [-0.39, 0.29) is 11.5 Å². The van der Waals surface area contributed by atoms with Crippen LogP contribution in [0.3, 0.4) is 0 Å². The Bertz CT molecular complexity index is 637. The highest BCUT2D eigenvalue weighted by Crippen LogP contribution is 2.09. The average molecular weight is 290 g/mol. The smallest absolute Gasteiger partial charge is 0.335 e. The molecule has 104 valence electrons. The van der Waals surface area contributed by atoms with Crippen LogP contribution in [-0.4, -0.2) is 28.5 Å². The molecule has 0 aliphatic rings. The molecule has 0 bridgehead atoms. The molecule has 2 N–H and O–H groups in total. The maximum absolute atomic E-state index is 11.9. The van der Waals surface area contributed by atoms with Gasteiger partial charge in [0.15, 0.2) is 0 Å². The molecule has 0 unspecified atom stereocenters. The number of aryl methyl sites for hydroxylation is 1. The van der Waals surface area contributed by atoms with Crippen molar-refractivity contribution >= 4 is 23.2 Å². The molecule has 0 aliphatic heterocycles. The van der Waals surface area contributed by atoms with Crippen molar-refractivity contribution < 1.29 is 14.7 Å². The lowest BCUT2D eigenvalue weighted by Gasteiger charge is -2.04. The van der Waals surface area contributed by atoms with Crippen LogP contribution in [0.25, 0.3) is 0 Å². The lowest BCUT2D eigenvalue weighted by atomic mass is 10.1. The molecule has 0 spiro atoms. The van der Waals surface area contributed by atoms with Crippen LogP contribution in [0.5, 0.6) is 0 Å². The van der Waals surface area contributed by atoms with Gasteiger partial charge in [-0.15, -0.1) is 11.3 Å². The minimum Gasteiger partial charge on any atom is -0.478 e. The molecule has 5 nitrogen and oxygen atoms in total. The number of benzene rings is 1.